The smallest absolute Gasteiger partial charge is 2.00 e. The van der Waals surface area contributed by atoms with E-state index in [1.54, 1.807) is 0 Å². The Balaban J connectivity index is 0. The number of hydrogen-bond donors (Lipinski definition) is 10. The molecule has 0 saturated carbocycles. The van der Waals surface area contributed by atoms with Crippen molar-refractivity contribution in [3.05, 3.63) is 0 Å². The SMILES string of the molecule is CCCCCCCCCCCCCCCC(=O)OC(C)C.O=C(NCNC(=O)NC1(CO)NC(=O)NC1=O)NC1(CO)NC(=O)NC1=O.[O-2].[Zn+2]. The van der Waals surface area contributed by atoms with Crippen LogP contribution in [0, 0.1) is 0 Å². The first-order chi connectivity index (χ1) is 22.8. The number of amides is 10. The van der Waals surface area contributed by atoms with Gasteiger partial charge in [0.1, 0.15) is 0 Å². The van der Waals surface area contributed by atoms with Crippen LogP contribution in [0.1, 0.15) is 111 Å². The quantitative estimate of drug-likeness (QED) is 0.0259. The van der Waals surface area contributed by atoms with Crippen LogP contribution in [-0.4, -0.2) is 89.4 Å². The van der Waals surface area contributed by atoms with Gasteiger partial charge in [0, 0.05) is 6.42 Å². The van der Waals surface area contributed by atoms with Crippen molar-refractivity contribution in [1.29, 1.82) is 0 Å². The number of carbonyl (C=O) groups excluding carboxylic acids is 7. The number of rotatable bonds is 21. The van der Waals surface area contributed by atoms with E-state index in [9.17, 15) is 43.8 Å². The Labute approximate surface area is 305 Å². The van der Waals surface area contributed by atoms with Crippen LogP contribution in [0.2, 0.25) is 0 Å². The summed E-state index contributed by atoms with van der Waals surface area (Å²) >= 11 is 0. The zero-order chi connectivity index (χ0) is 36.0. The molecule has 0 aromatic heterocycles. The molecule has 2 unspecified atom stereocenters. The number of urea groups is 4. The van der Waals surface area contributed by atoms with Gasteiger partial charge in [0.15, 0.2) is 0 Å². The number of unbranched alkanes of at least 4 members (excludes halogenated alkanes) is 12. The molecule has 10 amide bonds. The van der Waals surface area contributed by atoms with Crippen molar-refractivity contribution in [1.82, 2.24) is 42.5 Å². The Morgan fingerprint density at radius 2 is 1.04 bits per heavy atom. The van der Waals surface area contributed by atoms with E-state index in [1.807, 2.05) is 45.7 Å². The summed E-state index contributed by atoms with van der Waals surface area (Å²) < 4.78 is 5.12. The Bertz CT molecular complexity index is 1040. The molecule has 2 atom stereocenters. The number of hydrogen-bond acceptors (Lipinski definition) is 10. The Morgan fingerprint density at radius 3 is 1.34 bits per heavy atom. The fraction of sp³-hybridized carbons (Fsp3) is 0.767. The maximum atomic E-state index is 11.8. The maximum absolute atomic E-state index is 11.8. The van der Waals surface area contributed by atoms with E-state index in [2.05, 4.69) is 17.6 Å². The predicted molar refractivity (Wildman–Crippen MR) is 173 cm³/mol. The van der Waals surface area contributed by atoms with Gasteiger partial charge in [0.05, 0.1) is 26.0 Å². The first kappa shape index (κ1) is 48.5. The summed E-state index contributed by atoms with van der Waals surface area (Å²) in [5, 5.41) is 34.4. The van der Waals surface area contributed by atoms with E-state index in [4.69, 9.17) is 4.74 Å². The summed E-state index contributed by atoms with van der Waals surface area (Å²) in [6.45, 7) is 3.70. The normalized spacial score (nSPS) is 18.9. The molecule has 0 aromatic rings. The van der Waals surface area contributed by atoms with Gasteiger partial charge in [0.25, 0.3) is 11.8 Å². The van der Waals surface area contributed by atoms with Crippen molar-refractivity contribution in [2.24, 2.45) is 0 Å². The second-order valence-corrected chi connectivity index (χ2v) is 11.9. The molecule has 2 saturated heterocycles. The monoisotopic (exact) mass is 766 g/mol. The van der Waals surface area contributed by atoms with Crippen LogP contribution in [0.15, 0.2) is 0 Å². The minimum absolute atomic E-state index is 0. The van der Waals surface area contributed by atoms with Crippen LogP contribution >= 0.6 is 0 Å². The third-order valence-electron chi connectivity index (χ3n) is 7.36. The number of nitrogens with one attached hydrogen (secondary N) is 8. The first-order valence-corrected chi connectivity index (χ1v) is 16.6. The molecule has 0 bridgehead atoms. The minimum atomic E-state index is -2.06. The largest absolute Gasteiger partial charge is 2.00 e. The van der Waals surface area contributed by atoms with Crippen molar-refractivity contribution in [3.8, 4) is 0 Å². The average molecular weight is 768 g/mol. The van der Waals surface area contributed by atoms with Gasteiger partial charge in [-0.3, -0.25) is 25.0 Å². The van der Waals surface area contributed by atoms with Gasteiger partial charge in [-0.2, -0.15) is 0 Å². The van der Waals surface area contributed by atoms with Crippen LogP contribution in [0.25, 0.3) is 0 Å². The van der Waals surface area contributed by atoms with Crippen LogP contribution in [0.3, 0.4) is 0 Å². The van der Waals surface area contributed by atoms with E-state index in [0.717, 1.165) is 6.42 Å². The van der Waals surface area contributed by atoms with E-state index >= 15 is 0 Å². The van der Waals surface area contributed by atoms with E-state index in [-0.39, 0.29) is 37.0 Å². The van der Waals surface area contributed by atoms with Gasteiger partial charge in [-0.15, -0.1) is 0 Å². The van der Waals surface area contributed by atoms with Gasteiger partial charge in [-0.1, -0.05) is 84.0 Å². The molecule has 2 fully saturated rings. The van der Waals surface area contributed by atoms with Crippen molar-refractivity contribution < 1.29 is 73.5 Å². The van der Waals surface area contributed by atoms with Crippen LogP contribution in [0.4, 0.5) is 19.2 Å². The number of aliphatic hydroxyl groups excluding tert-OH is 2. The van der Waals surface area contributed by atoms with E-state index in [0.29, 0.717) is 6.42 Å². The number of esters is 1. The molecular weight excluding hydrogens is 714 g/mol. The number of aliphatic hydroxyl groups is 2. The van der Waals surface area contributed by atoms with E-state index < -0.39 is 67.1 Å². The summed E-state index contributed by atoms with van der Waals surface area (Å²) in [6, 6.07) is -3.91. The standard InChI is InChI=1S/C19H38O2.C11H16N8O8.O.Zn/c1-4-5-6-7-8-9-10-11-12-13-14-15-16-17-19(20)21-18(2)3;20-1-10(4(22)14-8(26)18-10)16-6(24)12-3-13-7(25)17-11(2-21)5(23)15-9(27)19-11;;/h18H,4-17H2,1-3H3;20-21H,1-3H2,(H2,12,16,24)(H2,13,17,25)(H2,14,18,22,26)(H2,15,19,23,27);;/q;;-2;+2. The summed E-state index contributed by atoms with van der Waals surface area (Å²) in [4.78, 5) is 80.3. The molecule has 10 N–H and O–H groups in total. The van der Waals surface area contributed by atoms with Gasteiger partial charge < -0.3 is 52.3 Å². The Kier molecular flexibility index (Phi) is 25.5. The maximum Gasteiger partial charge on any atom is 2.00 e. The molecule has 19 nitrogen and oxygen atoms in total. The third-order valence-corrected chi connectivity index (χ3v) is 7.36. The van der Waals surface area contributed by atoms with Gasteiger partial charge in [-0.25, -0.2) is 19.2 Å². The molecule has 0 radical (unpaired) electrons. The molecule has 282 valence electrons. The molecule has 50 heavy (non-hydrogen) atoms. The van der Waals surface area contributed by atoms with E-state index in [1.165, 1.54) is 77.0 Å². The number of imide groups is 2. The topological polar surface area (TPSA) is 294 Å². The van der Waals surface area contributed by atoms with Crippen molar-refractivity contribution >= 4 is 41.9 Å². The Hall–Kier alpha value is -3.61. The number of carbonyl (C=O) groups is 7. The Morgan fingerprint density at radius 1 is 0.680 bits per heavy atom. The summed E-state index contributed by atoms with van der Waals surface area (Å²) in [7, 11) is 0. The molecule has 2 aliphatic rings. The molecule has 0 aromatic carbocycles. The van der Waals surface area contributed by atoms with Crippen molar-refractivity contribution in [2.45, 2.75) is 128 Å². The van der Waals surface area contributed by atoms with Crippen molar-refractivity contribution in [3.63, 3.8) is 0 Å². The molecule has 2 aliphatic heterocycles. The van der Waals surface area contributed by atoms with Crippen LogP contribution < -0.4 is 42.5 Å². The third kappa shape index (κ3) is 18.4. The second kappa shape index (κ2) is 26.2. The van der Waals surface area contributed by atoms with Gasteiger partial charge in [-0.05, 0) is 20.3 Å². The van der Waals surface area contributed by atoms with Gasteiger partial charge in [0.2, 0.25) is 11.3 Å². The summed E-state index contributed by atoms with van der Waals surface area (Å²) in [6.07, 6.45) is 18.0. The molecule has 0 aliphatic carbocycles. The predicted octanol–water partition coefficient (Wildman–Crippen LogP) is 0.896. The summed E-state index contributed by atoms with van der Waals surface area (Å²) in [5.74, 6) is -2.00. The molecule has 2 heterocycles. The van der Waals surface area contributed by atoms with Crippen LogP contribution in [-0.2, 0) is 44.1 Å². The minimum Gasteiger partial charge on any atom is -2.00 e. The molecular formula is C30H54N8O11Zn. The number of ether oxygens (including phenoxy) is 1. The average Bonchev–Trinajstić information content (AvgIpc) is 3.47. The molecule has 0 spiro atoms. The van der Waals surface area contributed by atoms with Gasteiger partial charge >= 0.3 is 49.6 Å². The zero-order valence-electron chi connectivity index (χ0n) is 29.4. The fourth-order valence-corrected chi connectivity index (χ4v) is 4.75. The first-order valence-electron chi connectivity index (χ1n) is 16.6. The fourth-order valence-electron chi connectivity index (χ4n) is 4.75. The molecule has 20 heteroatoms. The van der Waals surface area contributed by atoms with Crippen molar-refractivity contribution in [2.75, 3.05) is 19.9 Å². The summed E-state index contributed by atoms with van der Waals surface area (Å²) in [5.41, 5.74) is -4.12. The molecule has 2 rings (SSSR count). The second-order valence-electron chi connectivity index (χ2n) is 11.9. The zero-order valence-corrected chi connectivity index (χ0v) is 32.3. The van der Waals surface area contributed by atoms with Crippen LogP contribution in [0.5, 0.6) is 0 Å².